The Morgan fingerprint density at radius 1 is 0.950 bits per heavy atom. The van der Waals surface area contributed by atoms with Gasteiger partial charge in [-0.2, -0.15) is 0 Å². The van der Waals surface area contributed by atoms with Gasteiger partial charge in [-0.15, -0.1) is 0 Å². The summed E-state index contributed by atoms with van der Waals surface area (Å²) >= 11 is 0. The zero-order valence-corrected chi connectivity index (χ0v) is 23.5. The first-order valence-corrected chi connectivity index (χ1v) is 14.5. The van der Waals surface area contributed by atoms with Crippen LogP contribution in [-0.4, -0.2) is 39.4 Å². The molecule has 0 radical (unpaired) electrons. The number of nitrogens with zero attached hydrogens (tertiary/aromatic N) is 2. The van der Waals surface area contributed by atoms with Gasteiger partial charge in [0.15, 0.2) is 0 Å². The molecule has 206 valence electrons. The second-order valence-corrected chi connectivity index (χ2v) is 12.1. The highest BCUT2D eigenvalue weighted by molar-refractivity contribution is 7.92. The van der Waals surface area contributed by atoms with Crippen LogP contribution in [0.5, 0.6) is 0 Å². The third-order valence-corrected chi connectivity index (χ3v) is 9.80. The number of hydrogen-bond acceptors (Lipinski definition) is 5. The minimum atomic E-state index is -4.11. The van der Waals surface area contributed by atoms with Crippen molar-refractivity contribution in [3.8, 4) is 0 Å². The minimum Gasteiger partial charge on any atom is -0.368 e. The van der Waals surface area contributed by atoms with Crippen LogP contribution in [0, 0.1) is 12.8 Å². The molecule has 4 aromatic carbocycles. The van der Waals surface area contributed by atoms with Gasteiger partial charge in [0, 0.05) is 6.54 Å². The van der Waals surface area contributed by atoms with E-state index in [2.05, 4.69) is 5.32 Å². The molecule has 5 rings (SSSR count). The molecule has 0 aliphatic carbocycles. The van der Waals surface area contributed by atoms with E-state index >= 15 is 0 Å². The van der Waals surface area contributed by atoms with Crippen LogP contribution in [0.2, 0.25) is 0 Å². The Bertz CT molecular complexity index is 1710. The average Bonchev–Trinajstić information content (AvgIpc) is 3.09. The fourth-order valence-electron chi connectivity index (χ4n) is 5.37. The summed E-state index contributed by atoms with van der Waals surface area (Å²) in [5, 5.41) is 4.95. The van der Waals surface area contributed by atoms with Gasteiger partial charge < -0.3 is 16.0 Å². The largest absolute Gasteiger partial charge is 0.368 e. The number of nitrogens with two attached hydrogens (primary N) is 1. The predicted octanol–water partition coefficient (Wildman–Crippen LogP) is 3.97. The van der Waals surface area contributed by atoms with Crippen LogP contribution in [0.4, 0.5) is 11.4 Å². The predicted molar refractivity (Wildman–Crippen MR) is 157 cm³/mol. The van der Waals surface area contributed by atoms with E-state index in [9.17, 15) is 18.0 Å². The number of carbonyl (C=O) groups excluding carboxylic acids is 2. The molecule has 1 aliphatic rings. The van der Waals surface area contributed by atoms with Crippen molar-refractivity contribution in [2.75, 3.05) is 22.8 Å². The first-order chi connectivity index (χ1) is 19.1. The number of amides is 2. The molecule has 8 nitrogen and oxygen atoms in total. The van der Waals surface area contributed by atoms with E-state index in [0.29, 0.717) is 11.4 Å². The Kier molecular flexibility index (Phi) is 7.12. The van der Waals surface area contributed by atoms with E-state index in [-0.39, 0.29) is 18.0 Å². The molecule has 0 aromatic heterocycles. The number of likely N-dealkylation sites (N-methyl/N-ethyl adjacent to an activating group) is 1. The lowest BCUT2D eigenvalue weighted by Gasteiger charge is -2.36. The first kappa shape index (κ1) is 27.4. The van der Waals surface area contributed by atoms with Gasteiger partial charge in [0.25, 0.3) is 10.0 Å². The van der Waals surface area contributed by atoms with Crippen LogP contribution >= 0.6 is 0 Å². The highest BCUT2D eigenvalue weighted by atomic mass is 32.2. The number of benzene rings is 4. The molecule has 9 heteroatoms. The van der Waals surface area contributed by atoms with Crippen LogP contribution in [0.3, 0.4) is 0 Å². The van der Waals surface area contributed by atoms with Crippen LogP contribution in [0.25, 0.3) is 10.8 Å². The number of fused-ring (bicyclic) bond motifs is 2. The molecule has 2 amide bonds. The number of sulfonamides is 1. The number of anilines is 2. The van der Waals surface area contributed by atoms with Gasteiger partial charge >= 0.3 is 0 Å². The number of hydrogen-bond donors (Lipinski definition) is 2. The van der Waals surface area contributed by atoms with Crippen molar-refractivity contribution in [1.29, 1.82) is 0 Å². The summed E-state index contributed by atoms with van der Waals surface area (Å²) in [7, 11) is -2.57. The van der Waals surface area contributed by atoms with Crippen molar-refractivity contribution in [2.24, 2.45) is 11.7 Å². The lowest BCUT2D eigenvalue weighted by Crippen LogP contribution is -2.63. The second-order valence-electron chi connectivity index (χ2n) is 10.2. The van der Waals surface area contributed by atoms with E-state index in [1.165, 1.54) is 16.4 Å². The maximum Gasteiger partial charge on any atom is 0.264 e. The molecule has 0 saturated heterocycles. The fourth-order valence-corrected chi connectivity index (χ4v) is 6.89. The summed E-state index contributed by atoms with van der Waals surface area (Å²) in [5.41, 5.74) is 7.03. The van der Waals surface area contributed by atoms with Crippen molar-refractivity contribution in [2.45, 2.75) is 30.8 Å². The van der Waals surface area contributed by atoms with Crippen molar-refractivity contribution >= 4 is 44.0 Å². The Morgan fingerprint density at radius 3 is 2.25 bits per heavy atom. The second kappa shape index (κ2) is 10.4. The maximum atomic E-state index is 14.5. The Labute approximate surface area is 234 Å². The molecule has 3 N–H and O–H groups in total. The topological polar surface area (TPSA) is 113 Å². The molecule has 0 saturated carbocycles. The average molecular weight is 557 g/mol. The number of aryl methyl sites for hydroxylation is 1. The smallest absolute Gasteiger partial charge is 0.264 e. The Balaban J connectivity index is 1.75. The molecule has 1 aliphatic heterocycles. The summed E-state index contributed by atoms with van der Waals surface area (Å²) in [4.78, 5) is 29.0. The number of nitrogens with one attached hydrogen (secondary N) is 1. The number of para-hydroxylation sites is 2. The number of primary amides is 1. The number of rotatable bonds is 7. The molecule has 0 fully saturated rings. The lowest BCUT2D eigenvalue weighted by molar-refractivity contribution is -0.133. The van der Waals surface area contributed by atoms with Crippen LogP contribution < -0.4 is 20.3 Å². The highest BCUT2D eigenvalue weighted by Crippen LogP contribution is 2.41. The quantitative estimate of drug-likeness (QED) is 0.358. The molecule has 4 aromatic rings. The van der Waals surface area contributed by atoms with Gasteiger partial charge in [0.05, 0.1) is 28.7 Å². The zero-order chi connectivity index (χ0) is 28.7. The van der Waals surface area contributed by atoms with E-state index in [0.717, 1.165) is 21.9 Å². The Hall–Kier alpha value is -4.21. The molecule has 2 atom stereocenters. The van der Waals surface area contributed by atoms with Crippen molar-refractivity contribution < 1.29 is 18.0 Å². The van der Waals surface area contributed by atoms with E-state index in [4.69, 9.17) is 5.73 Å². The first-order valence-electron chi connectivity index (χ1n) is 13.0. The summed E-state index contributed by atoms with van der Waals surface area (Å²) in [6.45, 7) is 3.43. The molecular formula is C31H32N4O4S. The molecule has 1 unspecified atom stereocenters. The van der Waals surface area contributed by atoms with Crippen LogP contribution in [-0.2, 0) is 26.2 Å². The highest BCUT2D eigenvalue weighted by Gasteiger charge is 2.49. The third kappa shape index (κ3) is 4.51. The Morgan fingerprint density at radius 2 is 1.57 bits per heavy atom. The standard InChI is InChI=1S/C31H32N4O4S/c1-21-17-18-22-11-7-8-14-24(22)25(21)19-34-27-15-9-10-16-28(27)35(40(38,39)23-12-5-4-6-13-23)20-26(29(34)36)31(2,33-3)30(32)37/h4-18,26,33H,19-20H2,1-3H3,(H2,32,37)/t26-,31?/m1/s1. The molecule has 40 heavy (non-hydrogen) atoms. The normalized spacial score (nSPS) is 17.3. The summed E-state index contributed by atoms with van der Waals surface area (Å²) in [5.74, 6) is -2.28. The van der Waals surface area contributed by atoms with E-state index in [1.54, 1.807) is 61.3 Å². The minimum absolute atomic E-state index is 0.0829. The van der Waals surface area contributed by atoms with Crippen molar-refractivity contribution in [1.82, 2.24) is 5.32 Å². The monoisotopic (exact) mass is 556 g/mol. The van der Waals surface area contributed by atoms with Gasteiger partial charge in [0.2, 0.25) is 11.8 Å². The summed E-state index contributed by atoms with van der Waals surface area (Å²) in [6, 6.07) is 27.0. The van der Waals surface area contributed by atoms with Crippen molar-refractivity contribution in [3.05, 3.63) is 102 Å². The van der Waals surface area contributed by atoms with Crippen LogP contribution in [0.15, 0.2) is 95.9 Å². The summed E-state index contributed by atoms with van der Waals surface area (Å²) in [6.07, 6.45) is 0. The SMILES string of the molecule is CNC(C)(C(N)=O)[C@@H]1CN(S(=O)(=O)c2ccccc2)c2ccccc2N(Cc2c(C)ccc3ccccc23)C1=O. The number of carbonyl (C=O) groups is 2. The zero-order valence-electron chi connectivity index (χ0n) is 22.7. The van der Waals surface area contributed by atoms with Gasteiger partial charge in [-0.25, -0.2) is 8.42 Å². The fraction of sp³-hybridized carbons (Fsp3) is 0.226. The van der Waals surface area contributed by atoms with Crippen molar-refractivity contribution in [3.63, 3.8) is 0 Å². The van der Waals surface area contributed by atoms with Gasteiger partial charge in [-0.05, 0) is 67.1 Å². The van der Waals surface area contributed by atoms with E-state index < -0.39 is 33.3 Å². The summed E-state index contributed by atoms with van der Waals surface area (Å²) < 4.78 is 29.4. The lowest BCUT2D eigenvalue weighted by atomic mass is 9.83. The van der Waals surface area contributed by atoms with E-state index in [1.807, 2.05) is 43.3 Å². The van der Waals surface area contributed by atoms with Gasteiger partial charge in [-0.3, -0.25) is 13.9 Å². The van der Waals surface area contributed by atoms with Gasteiger partial charge in [-0.1, -0.05) is 66.7 Å². The molecular weight excluding hydrogens is 524 g/mol. The maximum absolute atomic E-state index is 14.5. The third-order valence-electron chi connectivity index (χ3n) is 8.00. The molecule has 0 bridgehead atoms. The molecule has 0 spiro atoms. The van der Waals surface area contributed by atoms with Crippen LogP contribution in [0.1, 0.15) is 18.1 Å². The van der Waals surface area contributed by atoms with Gasteiger partial charge in [0.1, 0.15) is 5.54 Å². The molecule has 1 heterocycles.